The van der Waals surface area contributed by atoms with Crippen LogP contribution < -0.4 is 9.47 Å². The van der Waals surface area contributed by atoms with Gasteiger partial charge in [-0.15, -0.1) is 10.2 Å². The molecule has 0 saturated carbocycles. The summed E-state index contributed by atoms with van der Waals surface area (Å²) in [6.45, 7) is 7.01. The Balaban J connectivity index is 1.82. The van der Waals surface area contributed by atoms with Gasteiger partial charge in [0.2, 0.25) is 4.96 Å². The zero-order chi connectivity index (χ0) is 17.8. The molecule has 0 amide bonds. The fraction of sp³-hybridized carbons (Fsp3) is 0.471. The van der Waals surface area contributed by atoms with Gasteiger partial charge in [0.1, 0.15) is 5.01 Å². The number of benzene rings is 1. The van der Waals surface area contributed by atoms with E-state index in [1.165, 1.54) is 0 Å². The van der Waals surface area contributed by atoms with E-state index in [1.54, 1.807) is 25.6 Å². The Morgan fingerprint density at radius 3 is 2.52 bits per heavy atom. The van der Waals surface area contributed by atoms with E-state index in [2.05, 4.69) is 28.9 Å². The first-order valence-corrected chi connectivity index (χ1v) is 9.13. The van der Waals surface area contributed by atoms with Gasteiger partial charge in [0.25, 0.3) is 0 Å². The predicted molar refractivity (Wildman–Crippen MR) is 97.6 cm³/mol. The van der Waals surface area contributed by atoms with E-state index >= 15 is 0 Å². The van der Waals surface area contributed by atoms with E-state index in [4.69, 9.17) is 14.6 Å². The Morgan fingerprint density at radius 1 is 1.08 bits per heavy atom. The average Bonchev–Trinajstić information content (AvgIpc) is 3.20. The fourth-order valence-electron chi connectivity index (χ4n) is 2.68. The lowest BCUT2D eigenvalue weighted by atomic mass is 10.1. The van der Waals surface area contributed by atoms with Crippen LogP contribution in [0.3, 0.4) is 0 Å². The second-order valence-corrected chi connectivity index (χ2v) is 6.67. The molecule has 0 saturated heterocycles. The van der Waals surface area contributed by atoms with E-state index in [1.807, 2.05) is 22.7 Å². The number of hydrogen-bond donors (Lipinski definition) is 0. The molecule has 8 heteroatoms. The van der Waals surface area contributed by atoms with Crippen molar-refractivity contribution in [3.8, 4) is 11.5 Å². The number of ether oxygens (including phenoxy) is 2. The molecule has 0 fully saturated rings. The molecule has 134 valence electrons. The van der Waals surface area contributed by atoms with Gasteiger partial charge in [-0.1, -0.05) is 31.3 Å². The van der Waals surface area contributed by atoms with Crippen LogP contribution in [0.2, 0.25) is 0 Å². The van der Waals surface area contributed by atoms with Gasteiger partial charge < -0.3 is 9.47 Å². The summed E-state index contributed by atoms with van der Waals surface area (Å²) in [5.41, 5.74) is 1.12. The summed E-state index contributed by atoms with van der Waals surface area (Å²) in [6.07, 6.45) is 0.721. The van der Waals surface area contributed by atoms with Crippen molar-refractivity contribution in [3.05, 3.63) is 34.6 Å². The number of methoxy groups -OCH3 is 2. The Kier molecular flexibility index (Phi) is 5.50. The van der Waals surface area contributed by atoms with Crippen LogP contribution in [0.15, 0.2) is 18.2 Å². The van der Waals surface area contributed by atoms with Gasteiger partial charge >= 0.3 is 0 Å². The number of rotatable bonds is 8. The van der Waals surface area contributed by atoms with Crippen LogP contribution in [-0.2, 0) is 13.0 Å². The minimum absolute atomic E-state index is 0.721. The molecular formula is C17H23N5O2S. The third-order valence-electron chi connectivity index (χ3n) is 4.16. The molecule has 0 N–H and O–H groups in total. The van der Waals surface area contributed by atoms with Crippen molar-refractivity contribution in [2.24, 2.45) is 0 Å². The number of hydrogen-bond acceptors (Lipinski definition) is 7. The summed E-state index contributed by atoms with van der Waals surface area (Å²) in [5, 5.41) is 14.2. The minimum atomic E-state index is 0.721. The van der Waals surface area contributed by atoms with Gasteiger partial charge in [0.05, 0.1) is 20.8 Å². The van der Waals surface area contributed by atoms with Gasteiger partial charge in [0.15, 0.2) is 17.3 Å². The minimum Gasteiger partial charge on any atom is -0.493 e. The summed E-state index contributed by atoms with van der Waals surface area (Å²) >= 11 is 1.57. The SMILES string of the molecule is CCN(CC)Cc1nnc2sc(Cc3ccc(OC)c(OC)c3)nn12. The van der Waals surface area contributed by atoms with Crippen LogP contribution in [-0.4, -0.2) is 52.0 Å². The molecule has 3 aromatic rings. The molecule has 0 bridgehead atoms. The van der Waals surface area contributed by atoms with Crippen molar-refractivity contribution in [2.45, 2.75) is 26.8 Å². The van der Waals surface area contributed by atoms with Crippen molar-refractivity contribution >= 4 is 16.3 Å². The first-order valence-electron chi connectivity index (χ1n) is 8.31. The standard InChI is InChI=1S/C17H23N5O2S/c1-5-21(6-2)11-15-18-19-17-22(15)20-16(25-17)10-12-7-8-13(23-3)14(9-12)24-4/h7-9H,5-6,10-11H2,1-4H3. The summed E-state index contributed by atoms with van der Waals surface area (Å²) < 4.78 is 12.5. The monoisotopic (exact) mass is 361 g/mol. The first-order chi connectivity index (χ1) is 12.2. The highest BCUT2D eigenvalue weighted by Crippen LogP contribution is 2.29. The second kappa shape index (κ2) is 7.79. The van der Waals surface area contributed by atoms with Crippen LogP contribution in [0.25, 0.3) is 4.96 Å². The van der Waals surface area contributed by atoms with Crippen LogP contribution in [0.5, 0.6) is 11.5 Å². The largest absolute Gasteiger partial charge is 0.493 e. The predicted octanol–water partition coefficient (Wildman–Crippen LogP) is 2.64. The highest BCUT2D eigenvalue weighted by Gasteiger charge is 2.14. The Bertz CT molecular complexity index is 841. The number of fused-ring (bicyclic) bond motifs is 1. The van der Waals surface area contributed by atoms with Crippen molar-refractivity contribution in [2.75, 3.05) is 27.3 Å². The molecule has 3 rings (SSSR count). The summed E-state index contributed by atoms with van der Waals surface area (Å²) in [7, 11) is 3.28. The molecule has 2 heterocycles. The maximum absolute atomic E-state index is 5.37. The highest BCUT2D eigenvalue weighted by atomic mass is 32.1. The van der Waals surface area contributed by atoms with E-state index in [0.717, 1.165) is 58.9 Å². The summed E-state index contributed by atoms with van der Waals surface area (Å²) in [4.78, 5) is 3.13. The molecule has 0 atom stereocenters. The van der Waals surface area contributed by atoms with E-state index < -0.39 is 0 Å². The lowest BCUT2D eigenvalue weighted by Gasteiger charge is -2.15. The zero-order valence-corrected chi connectivity index (χ0v) is 15.8. The average molecular weight is 361 g/mol. The van der Waals surface area contributed by atoms with Crippen LogP contribution in [0, 0.1) is 0 Å². The molecule has 1 aromatic carbocycles. The number of aromatic nitrogens is 4. The molecule has 0 aliphatic rings. The van der Waals surface area contributed by atoms with Crippen LogP contribution in [0.1, 0.15) is 30.2 Å². The summed E-state index contributed by atoms with van der Waals surface area (Å²) in [6, 6.07) is 5.93. The topological polar surface area (TPSA) is 64.8 Å². The maximum atomic E-state index is 5.37. The molecule has 0 aliphatic heterocycles. The first kappa shape index (κ1) is 17.6. The Morgan fingerprint density at radius 2 is 1.84 bits per heavy atom. The van der Waals surface area contributed by atoms with Crippen LogP contribution >= 0.6 is 11.3 Å². The molecule has 0 aliphatic carbocycles. The van der Waals surface area contributed by atoms with Crippen molar-refractivity contribution in [3.63, 3.8) is 0 Å². The van der Waals surface area contributed by atoms with Gasteiger partial charge in [-0.3, -0.25) is 4.90 Å². The Hall–Kier alpha value is -2.19. The molecule has 0 radical (unpaired) electrons. The molecule has 25 heavy (non-hydrogen) atoms. The normalized spacial score (nSPS) is 11.4. The van der Waals surface area contributed by atoms with Crippen molar-refractivity contribution < 1.29 is 9.47 Å². The Labute approximate surface area is 151 Å². The molecule has 2 aromatic heterocycles. The van der Waals surface area contributed by atoms with Gasteiger partial charge in [-0.2, -0.15) is 9.61 Å². The smallest absolute Gasteiger partial charge is 0.234 e. The van der Waals surface area contributed by atoms with Gasteiger partial charge in [0, 0.05) is 6.42 Å². The maximum Gasteiger partial charge on any atom is 0.234 e. The third kappa shape index (κ3) is 3.74. The molecule has 7 nitrogen and oxygen atoms in total. The van der Waals surface area contributed by atoms with Crippen molar-refractivity contribution in [1.82, 2.24) is 24.7 Å². The molecule has 0 spiro atoms. The third-order valence-corrected chi connectivity index (χ3v) is 5.06. The second-order valence-electron chi connectivity index (χ2n) is 5.63. The van der Waals surface area contributed by atoms with E-state index in [0.29, 0.717) is 0 Å². The van der Waals surface area contributed by atoms with Gasteiger partial charge in [-0.25, -0.2) is 0 Å². The molecule has 0 unspecified atom stereocenters. The van der Waals surface area contributed by atoms with E-state index in [9.17, 15) is 0 Å². The zero-order valence-electron chi connectivity index (χ0n) is 15.0. The van der Waals surface area contributed by atoms with E-state index in [-0.39, 0.29) is 0 Å². The highest BCUT2D eigenvalue weighted by molar-refractivity contribution is 7.16. The van der Waals surface area contributed by atoms with Crippen LogP contribution in [0.4, 0.5) is 0 Å². The summed E-state index contributed by atoms with van der Waals surface area (Å²) in [5.74, 6) is 2.34. The fourth-order valence-corrected chi connectivity index (χ4v) is 3.57. The quantitative estimate of drug-likeness (QED) is 0.615. The van der Waals surface area contributed by atoms with Crippen molar-refractivity contribution in [1.29, 1.82) is 0 Å². The van der Waals surface area contributed by atoms with Gasteiger partial charge in [-0.05, 0) is 30.8 Å². The lowest BCUT2D eigenvalue weighted by Crippen LogP contribution is -2.23. The lowest BCUT2D eigenvalue weighted by molar-refractivity contribution is 0.286. The number of nitrogens with zero attached hydrogens (tertiary/aromatic N) is 5. The molecular weight excluding hydrogens is 338 g/mol.